The Morgan fingerprint density at radius 1 is 1.41 bits per heavy atom. The summed E-state index contributed by atoms with van der Waals surface area (Å²) in [6.07, 6.45) is 0. The van der Waals surface area contributed by atoms with Gasteiger partial charge in [0.15, 0.2) is 11.6 Å². The summed E-state index contributed by atoms with van der Waals surface area (Å²) in [6, 6.07) is 1.16. The van der Waals surface area contributed by atoms with Gasteiger partial charge < -0.3 is 10.6 Å². The molecular formula is C9H9F2N3O3. The number of halogens is 2. The minimum atomic E-state index is -1.12. The molecule has 0 spiro atoms. The van der Waals surface area contributed by atoms with E-state index in [2.05, 4.69) is 10.6 Å². The van der Waals surface area contributed by atoms with Crippen LogP contribution in [-0.2, 0) is 4.79 Å². The number of rotatable bonds is 4. The molecule has 0 unspecified atom stereocenters. The van der Waals surface area contributed by atoms with Crippen molar-refractivity contribution >= 4 is 17.3 Å². The van der Waals surface area contributed by atoms with E-state index in [1.165, 1.54) is 7.05 Å². The van der Waals surface area contributed by atoms with Crippen molar-refractivity contribution in [2.24, 2.45) is 0 Å². The maximum atomic E-state index is 13.3. The van der Waals surface area contributed by atoms with Crippen LogP contribution in [0.5, 0.6) is 0 Å². The Balaban J connectivity index is 2.94. The third kappa shape index (κ3) is 3.10. The molecular weight excluding hydrogens is 236 g/mol. The fraction of sp³-hybridized carbons (Fsp3) is 0.222. The summed E-state index contributed by atoms with van der Waals surface area (Å²) >= 11 is 0. The van der Waals surface area contributed by atoms with Crippen molar-refractivity contribution in [2.75, 3.05) is 18.9 Å². The molecule has 0 atom stereocenters. The van der Waals surface area contributed by atoms with Crippen molar-refractivity contribution in [3.05, 3.63) is 33.9 Å². The van der Waals surface area contributed by atoms with Gasteiger partial charge in [-0.25, -0.2) is 8.78 Å². The van der Waals surface area contributed by atoms with Crippen molar-refractivity contribution in [3.8, 4) is 0 Å². The number of nitro groups is 1. The van der Waals surface area contributed by atoms with Crippen LogP contribution in [0.25, 0.3) is 0 Å². The Hall–Kier alpha value is -2.25. The maximum absolute atomic E-state index is 13.3. The topological polar surface area (TPSA) is 84.3 Å². The van der Waals surface area contributed by atoms with E-state index in [1.54, 1.807) is 0 Å². The molecule has 17 heavy (non-hydrogen) atoms. The monoisotopic (exact) mass is 245 g/mol. The van der Waals surface area contributed by atoms with Gasteiger partial charge in [0.1, 0.15) is 5.69 Å². The van der Waals surface area contributed by atoms with Gasteiger partial charge in [0.2, 0.25) is 5.91 Å². The number of hydrogen-bond acceptors (Lipinski definition) is 4. The fourth-order valence-corrected chi connectivity index (χ4v) is 1.09. The van der Waals surface area contributed by atoms with Crippen molar-refractivity contribution in [1.82, 2.24) is 5.32 Å². The van der Waals surface area contributed by atoms with Crippen molar-refractivity contribution in [3.63, 3.8) is 0 Å². The lowest BCUT2D eigenvalue weighted by molar-refractivity contribution is -0.385. The highest BCUT2D eigenvalue weighted by molar-refractivity contribution is 5.80. The van der Waals surface area contributed by atoms with Gasteiger partial charge in [0.05, 0.1) is 23.6 Å². The number of amides is 1. The summed E-state index contributed by atoms with van der Waals surface area (Å²) < 4.78 is 26.6. The van der Waals surface area contributed by atoms with Gasteiger partial charge in [-0.15, -0.1) is 0 Å². The molecule has 0 aliphatic carbocycles. The highest BCUT2D eigenvalue weighted by atomic mass is 19.1. The van der Waals surface area contributed by atoms with Gasteiger partial charge in [-0.3, -0.25) is 14.9 Å². The second kappa shape index (κ2) is 5.19. The van der Waals surface area contributed by atoms with Crippen LogP contribution in [0.1, 0.15) is 0 Å². The number of non-ortho nitro benzene ring substituents is 1. The molecule has 1 aromatic carbocycles. The van der Waals surface area contributed by atoms with Gasteiger partial charge >= 0.3 is 0 Å². The quantitative estimate of drug-likeness (QED) is 0.613. The number of benzene rings is 1. The highest BCUT2D eigenvalue weighted by Gasteiger charge is 2.17. The number of nitrogens with zero attached hydrogens (tertiary/aromatic N) is 1. The average Bonchev–Trinajstić information content (AvgIpc) is 2.27. The second-order valence-electron chi connectivity index (χ2n) is 3.07. The summed E-state index contributed by atoms with van der Waals surface area (Å²) in [7, 11) is 1.37. The number of nitro benzene ring substituents is 1. The van der Waals surface area contributed by atoms with E-state index in [0.717, 1.165) is 0 Å². The molecule has 6 nitrogen and oxygen atoms in total. The molecule has 92 valence electrons. The summed E-state index contributed by atoms with van der Waals surface area (Å²) in [5.74, 6) is -2.72. The van der Waals surface area contributed by atoms with Crippen LogP contribution < -0.4 is 10.6 Å². The number of hydrogen-bond donors (Lipinski definition) is 2. The molecule has 8 heteroatoms. The van der Waals surface area contributed by atoms with Crippen molar-refractivity contribution < 1.29 is 18.5 Å². The first kappa shape index (κ1) is 12.8. The molecule has 0 radical (unpaired) electrons. The van der Waals surface area contributed by atoms with E-state index in [-0.39, 0.29) is 6.54 Å². The molecule has 0 aromatic heterocycles. The van der Waals surface area contributed by atoms with Crippen LogP contribution in [-0.4, -0.2) is 24.4 Å². The first-order valence-electron chi connectivity index (χ1n) is 4.53. The number of likely N-dealkylation sites (N-methyl/N-ethyl adjacent to an activating group) is 1. The van der Waals surface area contributed by atoms with Gasteiger partial charge in [-0.05, 0) is 0 Å². The summed E-state index contributed by atoms with van der Waals surface area (Å²) in [5, 5.41) is 14.8. The third-order valence-corrected chi connectivity index (χ3v) is 1.94. The normalized spacial score (nSPS) is 9.82. The lowest BCUT2D eigenvalue weighted by Gasteiger charge is -2.07. The van der Waals surface area contributed by atoms with Gasteiger partial charge in [0, 0.05) is 7.05 Å². The molecule has 0 fully saturated rings. The first-order valence-corrected chi connectivity index (χ1v) is 4.53. The summed E-state index contributed by atoms with van der Waals surface area (Å²) in [5.41, 5.74) is -1.26. The Morgan fingerprint density at radius 3 is 2.35 bits per heavy atom. The SMILES string of the molecule is CNC(=O)CNc1c(F)cc([N+](=O)[O-])cc1F. The molecule has 1 rings (SSSR count). The largest absolute Gasteiger partial charge is 0.371 e. The maximum Gasteiger partial charge on any atom is 0.275 e. The molecule has 0 saturated heterocycles. The minimum absolute atomic E-state index is 0.331. The van der Waals surface area contributed by atoms with Crippen LogP contribution in [0.15, 0.2) is 12.1 Å². The fourth-order valence-electron chi connectivity index (χ4n) is 1.09. The Bertz CT molecular complexity index is 442. The van der Waals surface area contributed by atoms with Crippen LogP contribution >= 0.6 is 0 Å². The zero-order chi connectivity index (χ0) is 13.0. The second-order valence-corrected chi connectivity index (χ2v) is 3.07. The minimum Gasteiger partial charge on any atom is -0.371 e. The molecule has 0 aliphatic rings. The van der Waals surface area contributed by atoms with Gasteiger partial charge in [-0.2, -0.15) is 0 Å². The molecule has 2 N–H and O–H groups in total. The molecule has 0 heterocycles. The van der Waals surface area contributed by atoms with Crippen LogP contribution in [0.2, 0.25) is 0 Å². The molecule has 1 amide bonds. The van der Waals surface area contributed by atoms with E-state index in [9.17, 15) is 23.7 Å². The number of anilines is 1. The lowest BCUT2D eigenvalue weighted by atomic mass is 10.2. The van der Waals surface area contributed by atoms with E-state index in [0.29, 0.717) is 12.1 Å². The smallest absolute Gasteiger partial charge is 0.275 e. The zero-order valence-corrected chi connectivity index (χ0v) is 8.79. The van der Waals surface area contributed by atoms with E-state index in [1.807, 2.05) is 0 Å². The van der Waals surface area contributed by atoms with Gasteiger partial charge in [0.25, 0.3) is 5.69 Å². The Labute approximate surface area is 94.8 Å². The standard InChI is InChI=1S/C9H9F2N3O3/c1-12-8(15)4-13-9-6(10)2-5(14(16)17)3-7(9)11/h2-3,13H,4H2,1H3,(H,12,15). The molecule has 1 aromatic rings. The summed E-state index contributed by atoms with van der Waals surface area (Å²) in [6.45, 7) is -0.331. The molecule has 0 bridgehead atoms. The van der Waals surface area contributed by atoms with Crippen molar-refractivity contribution in [1.29, 1.82) is 0 Å². The van der Waals surface area contributed by atoms with Crippen LogP contribution in [0.3, 0.4) is 0 Å². The predicted molar refractivity (Wildman–Crippen MR) is 55.6 cm³/mol. The highest BCUT2D eigenvalue weighted by Crippen LogP contribution is 2.24. The number of carbonyl (C=O) groups excluding carboxylic acids is 1. The van der Waals surface area contributed by atoms with Crippen LogP contribution in [0.4, 0.5) is 20.2 Å². The van der Waals surface area contributed by atoms with E-state index < -0.39 is 33.8 Å². The third-order valence-electron chi connectivity index (χ3n) is 1.94. The molecule has 0 aliphatic heterocycles. The lowest BCUT2D eigenvalue weighted by Crippen LogP contribution is -2.26. The average molecular weight is 245 g/mol. The van der Waals surface area contributed by atoms with Crippen molar-refractivity contribution in [2.45, 2.75) is 0 Å². The van der Waals surface area contributed by atoms with E-state index >= 15 is 0 Å². The zero-order valence-electron chi connectivity index (χ0n) is 8.79. The number of nitrogens with one attached hydrogen (secondary N) is 2. The Morgan fingerprint density at radius 2 is 1.94 bits per heavy atom. The number of carbonyl (C=O) groups is 1. The molecule has 0 saturated carbocycles. The van der Waals surface area contributed by atoms with E-state index in [4.69, 9.17) is 0 Å². The summed E-state index contributed by atoms with van der Waals surface area (Å²) in [4.78, 5) is 20.3. The van der Waals surface area contributed by atoms with Crippen LogP contribution in [0, 0.1) is 21.7 Å². The first-order chi connectivity index (χ1) is 7.95. The predicted octanol–water partition coefficient (Wildman–Crippen LogP) is 1.03. The van der Waals surface area contributed by atoms with Gasteiger partial charge in [-0.1, -0.05) is 0 Å². The Kier molecular flexibility index (Phi) is 3.91.